The molecule has 1 amide bonds. The summed E-state index contributed by atoms with van der Waals surface area (Å²) >= 11 is 0. The molecule has 0 unspecified atom stereocenters. The Hall–Kier alpha value is -4.95. The molecule has 5 rings (SSSR count). The highest BCUT2D eigenvalue weighted by molar-refractivity contribution is 6.04. The molecule has 0 saturated heterocycles. The van der Waals surface area contributed by atoms with E-state index < -0.39 is 11.4 Å². The number of rotatable bonds is 7. The molecule has 3 aromatic rings. The quantitative estimate of drug-likeness (QED) is 0.403. The lowest BCUT2D eigenvalue weighted by Gasteiger charge is -2.44. The minimum absolute atomic E-state index is 0.192. The molecule has 2 aliphatic heterocycles. The summed E-state index contributed by atoms with van der Waals surface area (Å²) in [4.78, 5) is 20.0. The highest BCUT2D eigenvalue weighted by atomic mass is 16.5. The van der Waals surface area contributed by atoms with Crippen LogP contribution in [-0.2, 0) is 5.54 Å². The van der Waals surface area contributed by atoms with Crippen molar-refractivity contribution in [3.05, 3.63) is 94.3 Å². The van der Waals surface area contributed by atoms with Gasteiger partial charge < -0.3 is 20.3 Å². The van der Waals surface area contributed by atoms with Gasteiger partial charge in [0, 0.05) is 71.9 Å². The van der Waals surface area contributed by atoms with Gasteiger partial charge in [-0.05, 0) is 45.9 Å². The summed E-state index contributed by atoms with van der Waals surface area (Å²) in [5.41, 5.74) is 8.82. The van der Waals surface area contributed by atoms with Crippen LogP contribution in [-0.4, -0.2) is 37.0 Å². The maximum atomic E-state index is 14.2. The second kappa shape index (κ2) is 10.3. The number of hydrogen-bond donors (Lipinski definition) is 1. The first kappa shape index (κ1) is 26.6. The number of carbonyl (C=O) groups is 1. The maximum absolute atomic E-state index is 14.2. The fourth-order valence-electron chi connectivity index (χ4n) is 6.09. The minimum Gasteiger partial charge on any atom is -0.456 e. The predicted octanol–water partition coefficient (Wildman–Crippen LogP) is 5.45. The highest BCUT2D eigenvalue weighted by Gasteiger charge is 2.58. The van der Waals surface area contributed by atoms with Crippen LogP contribution in [0.15, 0.2) is 72.1 Å². The van der Waals surface area contributed by atoms with Crippen molar-refractivity contribution in [1.29, 1.82) is 10.5 Å². The molecule has 0 bridgehead atoms. The molecule has 8 nitrogen and oxygen atoms in total. The molecule has 0 fully saturated rings. The molecule has 2 N–H and O–H groups in total. The molecule has 1 spiro atoms. The summed E-state index contributed by atoms with van der Waals surface area (Å²) in [5, 5.41) is 20.0. The smallest absolute Gasteiger partial charge is 0.260 e. The molecule has 3 aromatic carbocycles. The summed E-state index contributed by atoms with van der Waals surface area (Å²) in [5.74, 6) is 0.761. The summed E-state index contributed by atoms with van der Waals surface area (Å²) in [7, 11) is 0. The molecular weight excluding hydrogens is 500 g/mol. The molecule has 202 valence electrons. The molecular formula is C32H32N6O2. The summed E-state index contributed by atoms with van der Waals surface area (Å²) in [6, 6.07) is 23.2. The van der Waals surface area contributed by atoms with Gasteiger partial charge in [-0.15, -0.1) is 0 Å². The van der Waals surface area contributed by atoms with Crippen molar-refractivity contribution in [2.75, 3.05) is 36.0 Å². The highest BCUT2D eigenvalue weighted by Crippen LogP contribution is 2.59. The van der Waals surface area contributed by atoms with Gasteiger partial charge in [-0.3, -0.25) is 9.69 Å². The van der Waals surface area contributed by atoms with E-state index in [0.717, 1.165) is 37.6 Å². The van der Waals surface area contributed by atoms with E-state index in [1.54, 1.807) is 12.1 Å². The number of nitrogens with zero attached hydrogens (tertiary/aromatic N) is 5. The monoisotopic (exact) mass is 532 g/mol. The lowest BCUT2D eigenvalue weighted by Crippen LogP contribution is -2.47. The molecule has 0 saturated carbocycles. The first-order chi connectivity index (χ1) is 19.4. The third-order valence-corrected chi connectivity index (χ3v) is 7.98. The zero-order chi connectivity index (χ0) is 28.6. The van der Waals surface area contributed by atoms with Gasteiger partial charge in [0.05, 0.1) is 0 Å². The predicted molar refractivity (Wildman–Crippen MR) is 155 cm³/mol. The number of benzene rings is 3. The van der Waals surface area contributed by atoms with Crippen LogP contribution in [0.25, 0.3) is 0 Å². The third-order valence-electron chi connectivity index (χ3n) is 7.98. The van der Waals surface area contributed by atoms with Crippen LogP contribution in [0.5, 0.6) is 11.5 Å². The van der Waals surface area contributed by atoms with E-state index >= 15 is 0 Å². The fraction of sp³-hybridized carbons (Fsp3) is 0.281. The van der Waals surface area contributed by atoms with Crippen LogP contribution >= 0.6 is 0 Å². The second-order valence-electron chi connectivity index (χ2n) is 9.69. The number of amides is 1. The molecule has 2 heterocycles. The molecule has 8 heteroatoms. The average Bonchev–Trinajstić information content (AvgIpc) is 3.23. The molecule has 0 aromatic heterocycles. The summed E-state index contributed by atoms with van der Waals surface area (Å²) in [6.07, 6.45) is 0. The Kier molecular flexibility index (Phi) is 6.87. The number of ether oxygens (including phenoxy) is 1. The maximum Gasteiger partial charge on any atom is 0.260 e. The largest absolute Gasteiger partial charge is 0.456 e. The first-order valence-corrected chi connectivity index (χ1v) is 13.6. The molecule has 40 heavy (non-hydrogen) atoms. The van der Waals surface area contributed by atoms with Crippen molar-refractivity contribution in [1.82, 2.24) is 4.90 Å². The fourth-order valence-corrected chi connectivity index (χ4v) is 6.09. The molecule has 0 aliphatic carbocycles. The van der Waals surface area contributed by atoms with Gasteiger partial charge in [0.25, 0.3) is 5.91 Å². The van der Waals surface area contributed by atoms with Gasteiger partial charge in [-0.25, -0.2) is 0 Å². The van der Waals surface area contributed by atoms with E-state index in [2.05, 4.69) is 43.6 Å². The number of fused-ring (bicyclic) bond motifs is 6. The number of anilines is 2. The van der Waals surface area contributed by atoms with E-state index in [0.29, 0.717) is 33.8 Å². The van der Waals surface area contributed by atoms with E-state index in [-0.39, 0.29) is 11.4 Å². The Morgan fingerprint density at radius 2 is 1.35 bits per heavy atom. The van der Waals surface area contributed by atoms with Gasteiger partial charge in [0.2, 0.25) is 0 Å². The first-order valence-electron chi connectivity index (χ1n) is 13.6. The van der Waals surface area contributed by atoms with Crippen molar-refractivity contribution in [2.45, 2.75) is 33.2 Å². The van der Waals surface area contributed by atoms with Crippen molar-refractivity contribution in [2.24, 2.45) is 5.73 Å². The van der Waals surface area contributed by atoms with E-state index in [1.165, 1.54) is 4.90 Å². The van der Waals surface area contributed by atoms with Crippen molar-refractivity contribution >= 4 is 17.3 Å². The Labute approximate surface area is 235 Å². The lowest BCUT2D eigenvalue weighted by atomic mass is 9.74. The third kappa shape index (κ3) is 3.68. The van der Waals surface area contributed by atoms with Crippen LogP contribution in [0.1, 0.15) is 54.7 Å². The Bertz CT molecular complexity index is 1540. The Morgan fingerprint density at radius 3 is 1.82 bits per heavy atom. The van der Waals surface area contributed by atoms with Crippen molar-refractivity contribution in [3.8, 4) is 23.6 Å². The summed E-state index contributed by atoms with van der Waals surface area (Å²) < 4.78 is 6.64. The zero-order valence-corrected chi connectivity index (χ0v) is 23.2. The van der Waals surface area contributed by atoms with Crippen molar-refractivity contribution < 1.29 is 9.53 Å². The van der Waals surface area contributed by atoms with Gasteiger partial charge in [0.1, 0.15) is 34.9 Å². The Balaban J connectivity index is 1.92. The number of hydrogen-bond acceptors (Lipinski definition) is 7. The number of carbonyl (C=O) groups excluding carboxylic acids is 1. The van der Waals surface area contributed by atoms with Crippen LogP contribution in [0.4, 0.5) is 11.4 Å². The van der Waals surface area contributed by atoms with E-state index in [1.807, 2.05) is 54.6 Å². The van der Waals surface area contributed by atoms with Gasteiger partial charge in [-0.1, -0.05) is 30.3 Å². The van der Waals surface area contributed by atoms with Gasteiger partial charge in [0.15, 0.2) is 5.70 Å². The van der Waals surface area contributed by atoms with Crippen molar-refractivity contribution in [3.63, 3.8) is 0 Å². The normalized spacial score (nSPS) is 14.8. The van der Waals surface area contributed by atoms with E-state index in [9.17, 15) is 15.3 Å². The lowest BCUT2D eigenvalue weighted by molar-refractivity contribution is 0.0751. The topological polar surface area (TPSA) is 110 Å². The molecule has 0 radical (unpaired) electrons. The van der Waals surface area contributed by atoms with Gasteiger partial charge in [-0.2, -0.15) is 10.5 Å². The van der Waals surface area contributed by atoms with Gasteiger partial charge >= 0.3 is 0 Å². The number of allylic oxidation sites excluding steroid dienone is 2. The standard InChI is InChI=1S/C32H32N6O2/c1-5-36(6-2)21-13-15-25-29(17-21)40-30-18-22(37(7-3)8-4)14-16-26(30)32(25)24-12-10-9-11-23(24)31(39)38(32)28(20-34)27(35)19-33/h9-18H,5-8,35H2,1-4H3/b28-27-. The number of nitrogens with two attached hydrogens (primary N) is 1. The van der Waals surface area contributed by atoms with E-state index in [4.69, 9.17) is 10.5 Å². The van der Waals surface area contributed by atoms with Crippen LogP contribution in [0, 0.1) is 22.7 Å². The van der Waals surface area contributed by atoms with Crippen LogP contribution < -0.4 is 20.3 Å². The second-order valence-corrected chi connectivity index (χ2v) is 9.69. The SMILES string of the molecule is CCN(CC)c1ccc2c(c1)Oc1cc(N(CC)CC)ccc1C21c2ccccc2C(=O)N1/C(C#N)=C(\N)C#N. The molecule has 2 aliphatic rings. The van der Waals surface area contributed by atoms with Crippen LogP contribution in [0.2, 0.25) is 0 Å². The zero-order valence-electron chi connectivity index (χ0n) is 23.2. The average molecular weight is 533 g/mol. The summed E-state index contributed by atoms with van der Waals surface area (Å²) in [6.45, 7) is 11.7. The minimum atomic E-state index is -1.27. The Morgan fingerprint density at radius 1 is 0.825 bits per heavy atom. The molecule has 0 atom stereocenters. The van der Waals surface area contributed by atoms with Crippen LogP contribution in [0.3, 0.4) is 0 Å². The number of nitriles is 2.